The first-order chi connectivity index (χ1) is 9.44. The van der Waals surface area contributed by atoms with Gasteiger partial charge in [0.2, 0.25) is 5.91 Å². The first-order valence-corrected chi connectivity index (χ1v) is 7.13. The van der Waals surface area contributed by atoms with E-state index in [0.29, 0.717) is 12.6 Å². The van der Waals surface area contributed by atoms with Crippen molar-refractivity contribution >= 4 is 5.91 Å². The molecular formula is C16H22N2O2. The van der Waals surface area contributed by atoms with E-state index in [1.807, 2.05) is 24.0 Å². The summed E-state index contributed by atoms with van der Waals surface area (Å²) in [5.41, 5.74) is 2.49. The third kappa shape index (κ3) is 2.08. The molecule has 1 aliphatic heterocycles. The average molecular weight is 274 g/mol. The standard InChI is InChI=1S/C16H22N2O2/c1-10-7-11(5-6-12(10)20-4)15-17-9-14(19)18(15)13-8-16(13,2)3/h5-7,13,15,17H,8-9H2,1-4H3. The number of ether oxygens (including phenoxy) is 1. The van der Waals surface area contributed by atoms with Crippen LogP contribution in [-0.4, -0.2) is 30.5 Å². The van der Waals surface area contributed by atoms with Crippen molar-refractivity contribution in [2.45, 2.75) is 39.4 Å². The van der Waals surface area contributed by atoms with Gasteiger partial charge in [-0.05, 0) is 42.0 Å². The lowest BCUT2D eigenvalue weighted by Crippen LogP contribution is -2.34. The van der Waals surface area contributed by atoms with Gasteiger partial charge < -0.3 is 9.64 Å². The Hall–Kier alpha value is -1.55. The maximum atomic E-state index is 12.2. The third-order valence-electron chi connectivity index (χ3n) is 4.54. The van der Waals surface area contributed by atoms with E-state index >= 15 is 0 Å². The van der Waals surface area contributed by atoms with Gasteiger partial charge in [-0.1, -0.05) is 19.9 Å². The summed E-state index contributed by atoms with van der Waals surface area (Å²) in [4.78, 5) is 14.2. The van der Waals surface area contributed by atoms with E-state index in [1.165, 1.54) is 0 Å². The molecule has 1 amide bonds. The highest BCUT2D eigenvalue weighted by atomic mass is 16.5. The van der Waals surface area contributed by atoms with Gasteiger partial charge >= 0.3 is 0 Å². The molecule has 2 aliphatic rings. The Bertz CT molecular complexity index is 553. The summed E-state index contributed by atoms with van der Waals surface area (Å²) in [6, 6.07) is 6.49. The molecule has 108 valence electrons. The second-order valence-corrected chi connectivity index (χ2v) is 6.52. The van der Waals surface area contributed by atoms with Crippen LogP contribution in [0.2, 0.25) is 0 Å². The highest BCUT2D eigenvalue weighted by Gasteiger charge is 2.54. The first-order valence-electron chi connectivity index (χ1n) is 7.13. The minimum atomic E-state index is -0.00104. The number of rotatable bonds is 3. The second-order valence-electron chi connectivity index (χ2n) is 6.52. The van der Waals surface area contributed by atoms with Gasteiger partial charge in [0, 0.05) is 6.04 Å². The third-order valence-corrected chi connectivity index (χ3v) is 4.54. The molecule has 0 aromatic heterocycles. The maximum absolute atomic E-state index is 12.2. The monoisotopic (exact) mass is 274 g/mol. The fraction of sp³-hybridized carbons (Fsp3) is 0.562. The Morgan fingerprint density at radius 2 is 2.10 bits per heavy atom. The summed E-state index contributed by atoms with van der Waals surface area (Å²) < 4.78 is 5.30. The molecule has 2 unspecified atom stereocenters. The summed E-state index contributed by atoms with van der Waals surface area (Å²) in [5.74, 6) is 1.09. The average Bonchev–Trinajstić information content (AvgIpc) is 2.84. The molecule has 4 nitrogen and oxygen atoms in total. The number of benzene rings is 1. The molecule has 1 saturated heterocycles. The first kappa shape index (κ1) is 13.4. The van der Waals surface area contributed by atoms with E-state index in [1.54, 1.807) is 7.11 Å². The Labute approximate surface area is 120 Å². The fourth-order valence-corrected chi connectivity index (χ4v) is 3.14. The van der Waals surface area contributed by atoms with Gasteiger partial charge in [0.15, 0.2) is 0 Å². The van der Waals surface area contributed by atoms with E-state index < -0.39 is 0 Å². The van der Waals surface area contributed by atoms with E-state index in [9.17, 15) is 4.79 Å². The van der Waals surface area contributed by atoms with E-state index in [-0.39, 0.29) is 17.5 Å². The summed E-state index contributed by atoms with van der Waals surface area (Å²) in [7, 11) is 1.68. The highest BCUT2D eigenvalue weighted by Crippen LogP contribution is 2.51. The zero-order chi connectivity index (χ0) is 14.5. The summed E-state index contributed by atoms with van der Waals surface area (Å²) in [5, 5.41) is 3.33. The van der Waals surface area contributed by atoms with Crippen LogP contribution in [0.5, 0.6) is 5.75 Å². The number of carbonyl (C=O) groups excluding carboxylic acids is 1. The molecular weight excluding hydrogens is 252 g/mol. The Morgan fingerprint density at radius 3 is 2.65 bits per heavy atom. The van der Waals surface area contributed by atoms with Crippen LogP contribution >= 0.6 is 0 Å². The predicted octanol–water partition coefficient (Wildman–Crippen LogP) is 2.23. The van der Waals surface area contributed by atoms with Crippen LogP contribution in [0.25, 0.3) is 0 Å². The second kappa shape index (κ2) is 4.48. The number of hydrogen-bond donors (Lipinski definition) is 1. The van der Waals surface area contributed by atoms with Crippen molar-refractivity contribution in [2.24, 2.45) is 5.41 Å². The number of nitrogens with zero attached hydrogens (tertiary/aromatic N) is 1. The lowest BCUT2D eigenvalue weighted by Gasteiger charge is -2.27. The van der Waals surface area contributed by atoms with E-state index in [0.717, 1.165) is 23.3 Å². The number of methoxy groups -OCH3 is 1. The number of amides is 1. The number of aryl methyl sites for hydroxylation is 1. The smallest absolute Gasteiger partial charge is 0.238 e. The van der Waals surface area contributed by atoms with Crippen LogP contribution in [0.4, 0.5) is 0 Å². The molecule has 0 radical (unpaired) electrons. The van der Waals surface area contributed by atoms with Gasteiger partial charge in [-0.2, -0.15) is 0 Å². The SMILES string of the molecule is COc1ccc(C2NCC(=O)N2C2CC2(C)C)cc1C. The van der Waals surface area contributed by atoms with Gasteiger partial charge in [-0.3, -0.25) is 10.1 Å². The van der Waals surface area contributed by atoms with Crippen LogP contribution in [0.1, 0.15) is 37.6 Å². The predicted molar refractivity (Wildman–Crippen MR) is 77.5 cm³/mol. The Balaban J connectivity index is 1.89. The van der Waals surface area contributed by atoms with Crippen LogP contribution < -0.4 is 10.1 Å². The van der Waals surface area contributed by atoms with E-state index in [4.69, 9.17) is 4.74 Å². The van der Waals surface area contributed by atoms with Crippen molar-refractivity contribution in [3.63, 3.8) is 0 Å². The van der Waals surface area contributed by atoms with Crippen LogP contribution in [-0.2, 0) is 4.79 Å². The molecule has 1 N–H and O–H groups in total. The van der Waals surface area contributed by atoms with Gasteiger partial charge in [0.05, 0.1) is 13.7 Å². The molecule has 0 spiro atoms. The zero-order valence-electron chi connectivity index (χ0n) is 12.6. The molecule has 1 heterocycles. The lowest BCUT2D eigenvalue weighted by atomic mass is 10.1. The largest absolute Gasteiger partial charge is 0.496 e. The fourth-order valence-electron chi connectivity index (χ4n) is 3.14. The van der Waals surface area contributed by atoms with Crippen LogP contribution in [0, 0.1) is 12.3 Å². The molecule has 20 heavy (non-hydrogen) atoms. The van der Waals surface area contributed by atoms with Crippen molar-refractivity contribution in [3.8, 4) is 5.75 Å². The van der Waals surface area contributed by atoms with Crippen molar-refractivity contribution < 1.29 is 9.53 Å². The van der Waals surface area contributed by atoms with Gasteiger partial charge in [0.1, 0.15) is 11.9 Å². The molecule has 1 saturated carbocycles. The van der Waals surface area contributed by atoms with Crippen molar-refractivity contribution in [3.05, 3.63) is 29.3 Å². The molecule has 0 bridgehead atoms. The number of hydrogen-bond acceptors (Lipinski definition) is 3. The van der Waals surface area contributed by atoms with Gasteiger partial charge in [-0.15, -0.1) is 0 Å². The van der Waals surface area contributed by atoms with Crippen LogP contribution in [0.15, 0.2) is 18.2 Å². The van der Waals surface area contributed by atoms with Gasteiger partial charge in [0.25, 0.3) is 0 Å². The Morgan fingerprint density at radius 1 is 1.40 bits per heavy atom. The highest BCUT2D eigenvalue weighted by molar-refractivity contribution is 5.81. The summed E-state index contributed by atoms with van der Waals surface area (Å²) in [6.07, 6.45) is 1.09. The summed E-state index contributed by atoms with van der Waals surface area (Å²) in [6.45, 7) is 6.91. The minimum absolute atomic E-state index is 0.00104. The summed E-state index contributed by atoms with van der Waals surface area (Å²) >= 11 is 0. The quantitative estimate of drug-likeness (QED) is 0.919. The number of carbonyl (C=O) groups is 1. The molecule has 3 rings (SSSR count). The topological polar surface area (TPSA) is 41.6 Å². The number of nitrogens with one attached hydrogen (secondary N) is 1. The Kier molecular flexibility index (Phi) is 3.01. The molecule has 4 heteroatoms. The van der Waals surface area contributed by atoms with Gasteiger partial charge in [-0.25, -0.2) is 0 Å². The van der Waals surface area contributed by atoms with Crippen molar-refractivity contribution in [2.75, 3.05) is 13.7 Å². The van der Waals surface area contributed by atoms with Crippen molar-refractivity contribution in [1.29, 1.82) is 0 Å². The molecule has 1 aromatic carbocycles. The minimum Gasteiger partial charge on any atom is -0.496 e. The molecule has 2 fully saturated rings. The molecule has 1 aliphatic carbocycles. The molecule has 2 atom stereocenters. The zero-order valence-corrected chi connectivity index (χ0v) is 12.6. The van der Waals surface area contributed by atoms with Crippen LogP contribution in [0.3, 0.4) is 0 Å². The van der Waals surface area contributed by atoms with E-state index in [2.05, 4.69) is 25.2 Å². The molecule has 1 aromatic rings. The van der Waals surface area contributed by atoms with Crippen molar-refractivity contribution in [1.82, 2.24) is 10.2 Å². The lowest BCUT2D eigenvalue weighted by molar-refractivity contribution is -0.129. The normalized spacial score (nSPS) is 27.8. The maximum Gasteiger partial charge on any atom is 0.238 e.